The zero-order valence-electron chi connectivity index (χ0n) is 7.40. The largest absolute Gasteiger partial charge is 0.292 e. The van der Waals surface area contributed by atoms with Gasteiger partial charge in [-0.05, 0) is 25.0 Å². The van der Waals surface area contributed by atoms with E-state index in [4.69, 9.17) is 0 Å². The van der Waals surface area contributed by atoms with Gasteiger partial charge in [-0.2, -0.15) is 0 Å². The molecule has 1 heterocycles. The van der Waals surface area contributed by atoms with E-state index in [-0.39, 0.29) is 11.7 Å². The molecule has 13 heavy (non-hydrogen) atoms. The van der Waals surface area contributed by atoms with Gasteiger partial charge in [-0.15, -0.1) is 0 Å². The Labute approximate surface area is 77.3 Å². The highest BCUT2D eigenvalue weighted by molar-refractivity contribution is 5.99. The number of hydrogen-bond donors (Lipinski definition) is 0. The number of nitrogens with zero attached hydrogens (tertiary/aromatic N) is 1. The summed E-state index contributed by atoms with van der Waals surface area (Å²) in [6.07, 6.45) is 7.36. The van der Waals surface area contributed by atoms with E-state index in [0.717, 1.165) is 5.56 Å². The average molecular weight is 172 g/mol. The fraction of sp³-hybridized carbons (Fsp3) is 0.182. The number of Topliss-reactive ketones (excluding diaryl/α,β-unsaturated/α-hetero) is 1. The van der Waals surface area contributed by atoms with Crippen LogP contribution in [-0.4, -0.2) is 10.8 Å². The first-order valence-electron chi connectivity index (χ1n) is 4.26. The number of hydrogen-bond acceptors (Lipinski definition) is 2. The predicted molar refractivity (Wildman–Crippen MR) is 50.2 cm³/mol. The molecular weight excluding hydrogens is 162 g/mol. The van der Waals surface area contributed by atoms with Gasteiger partial charge in [0.2, 0.25) is 0 Å². The maximum atomic E-state index is 11.6. The summed E-state index contributed by atoms with van der Waals surface area (Å²) >= 11 is 0. The van der Waals surface area contributed by atoms with Gasteiger partial charge in [0.25, 0.3) is 0 Å². The van der Waals surface area contributed by atoms with Crippen molar-refractivity contribution in [1.82, 2.24) is 4.98 Å². The Morgan fingerprint density at radius 3 is 2.69 bits per heavy atom. The highest BCUT2D eigenvalue weighted by atomic mass is 16.1. The minimum absolute atomic E-state index is 0.0461. The second kappa shape index (κ2) is 3.13. The molecule has 1 aliphatic rings. The van der Waals surface area contributed by atoms with Crippen molar-refractivity contribution >= 4 is 5.78 Å². The number of pyridine rings is 1. The van der Waals surface area contributed by atoms with Crippen LogP contribution >= 0.6 is 0 Å². The number of aromatic nitrogens is 1. The van der Waals surface area contributed by atoms with E-state index < -0.39 is 0 Å². The average Bonchev–Trinajstić information content (AvgIpc) is 2.02. The third-order valence-corrected chi connectivity index (χ3v) is 2.10. The zero-order valence-corrected chi connectivity index (χ0v) is 7.40. The number of allylic oxidation sites excluding steroid dienone is 2. The normalized spacial score (nSPS) is 19.6. The number of ketones is 1. The molecule has 0 saturated carbocycles. The lowest BCUT2D eigenvalue weighted by Crippen LogP contribution is -2.18. The van der Waals surface area contributed by atoms with Crippen LogP contribution in [0, 0.1) is 19.3 Å². The van der Waals surface area contributed by atoms with Crippen molar-refractivity contribution in [3.05, 3.63) is 48.2 Å². The van der Waals surface area contributed by atoms with Crippen molar-refractivity contribution in [1.29, 1.82) is 0 Å². The molecule has 1 radical (unpaired) electrons. The van der Waals surface area contributed by atoms with Crippen molar-refractivity contribution in [3.8, 4) is 0 Å². The Hall–Kier alpha value is -1.44. The topological polar surface area (TPSA) is 30.0 Å². The summed E-state index contributed by atoms with van der Waals surface area (Å²) in [5.74, 6) is 0.0395. The zero-order chi connectivity index (χ0) is 9.26. The fourth-order valence-electron chi connectivity index (χ4n) is 1.18. The van der Waals surface area contributed by atoms with Crippen LogP contribution in [0.4, 0.5) is 0 Å². The summed E-state index contributed by atoms with van der Waals surface area (Å²) in [6, 6.07) is 3.68. The van der Waals surface area contributed by atoms with Crippen molar-refractivity contribution in [3.63, 3.8) is 0 Å². The van der Waals surface area contributed by atoms with Gasteiger partial charge in [0.15, 0.2) is 5.78 Å². The van der Waals surface area contributed by atoms with Crippen LogP contribution in [-0.2, 0) is 0 Å². The summed E-state index contributed by atoms with van der Waals surface area (Å²) in [4.78, 5) is 15.7. The van der Waals surface area contributed by atoms with E-state index in [2.05, 4.69) is 4.98 Å². The van der Waals surface area contributed by atoms with Crippen LogP contribution in [0.15, 0.2) is 30.5 Å². The maximum Gasteiger partial charge on any atom is 0.188 e. The van der Waals surface area contributed by atoms with Crippen molar-refractivity contribution in [2.45, 2.75) is 6.92 Å². The first-order valence-corrected chi connectivity index (χ1v) is 4.26. The van der Waals surface area contributed by atoms with Crippen LogP contribution in [0.25, 0.3) is 0 Å². The van der Waals surface area contributed by atoms with E-state index in [9.17, 15) is 4.79 Å². The summed E-state index contributed by atoms with van der Waals surface area (Å²) in [7, 11) is 0. The standard InChI is InChI=1S/C11H10NO/c1-8-5-6-10(12-7-8)11(13)9-3-2-4-9/h2-7,9H,1H3. The molecule has 0 bridgehead atoms. The minimum Gasteiger partial charge on any atom is -0.292 e. The summed E-state index contributed by atoms with van der Waals surface area (Å²) in [5, 5.41) is 0. The molecule has 0 saturated heterocycles. The van der Waals surface area contributed by atoms with Crippen molar-refractivity contribution < 1.29 is 4.79 Å². The van der Waals surface area contributed by atoms with Gasteiger partial charge >= 0.3 is 0 Å². The summed E-state index contributed by atoms with van der Waals surface area (Å²) in [6.45, 7) is 1.95. The first kappa shape index (κ1) is 8.17. The lowest BCUT2D eigenvalue weighted by Gasteiger charge is -2.14. The lowest BCUT2D eigenvalue weighted by atomic mass is 9.89. The molecule has 2 nitrogen and oxygen atoms in total. The molecule has 2 rings (SSSR count). The Morgan fingerprint density at radius 2 is 2.23 bits per heavy atom. The quantitative estimate of drug-likeness (QED) is 0.638. The molecular formula is C11H10NO. The number of rotatable bonds is 2. The molecule has 2 heteroatoms. The van der Waals surface area contributed by atoms with Gasteiger partial charge in [0, 0.05) is 12.1 Å². The number of carbonyl (C=O) groups is 1. The van der Waals surface area contributed by atoms with Gasteiger partial charge < -0.3 is 0 Å². The molecule has 0 amide bonds. The minimum atomic E-state index is -0.0461. The van der Waals surface area contributed by atoms with E-state index in [0.29, 0.717) is 5.69 Å². The van der Waals surface area contributed by atoms with Crippen molar-refractivity contribution in [2.75, 3.05) is 0 Å². The molecule has 1 atom stereocenters. The number of carbonyl (C=O) groups excluding carboxylic acids is 1. The molecule has 0 spiro atoms. The van der Waals surface area contributed by atoms with Crippen molar-refractivity contribution in [2.24, 2.45) is 5.92 Å². The molecule has 0 aliphatic heterocycles. The van der Waals surface area contributed by atoms with Crippen LogP contribution in [0.5, 0.6) is 0 Å². The molecule has 0 fully saturated rings. The third kappa shape index (κ3) is 1.52. The van der Waals surface area contributed by atoms with Crippen LogP contribution in [0.2, 0.25) is 0 Å². The molecule has 1 aliphatic carbocycles. The Kier molecular flexibility index (Phi) is 1.97. The van der Waals surface area contributed by atoms with Gasteiger partial charge in [-0.1, -0.05) is 18.2 Å². The lowest BCUT2D eigenvalue weighted by molar-refractivity contribution is 0.0950. The third-order valence-electron chi connectivity index (χ3n) is 2.10. The maximum absolute atomic E-state index is 11.6. The second-order valence-corrected chi connectivity index (χ2v) is 3.19. The molecule has 0 aromatic carbocycles. The van der Waals surface area contributed by atoms with Gasteiger partial charge in [-0.3, -0.25) is 9.78 Å². The second-order valence-electron chi connectivity index (χ2n) is 3.19. The Bertz CT molecular complexity index is 351. The van der Waals surface area contributed by atoms with Gasteiger partial charge in [0.1, 0.15) is 5.69 Å². The van der Waals surface area contributed by atoms with E-state index in [1.807, 2.05) is 31.6 Å². The van der Waals surface area contributed by atoms with Crippen LogP contribution in [0.3, 0.4) is 0 Å². The number of aryl methyl sites for hydroxylation is 1. The monoisotopic (exact) mass is 172 g/mol. The molecule has 0 N–H and O–H groups in total. The Balaban J connectivity index is 2.20. The van der Waals surface area contributed by atoms with Gasteiger partial charge in [0.05, 0.1) is 0 Å². The summed E-state index contributed by atoms with van der Waals surface area (Å²) < 4.78 is 0. The molecule has 65 valence electrons. The predicted octanol–water partition coefficient (Wildman–Crippen LogP) is 1.96. The van der Waals surface area contributed by atoms with E-state index in [1.165, 1.54) is 0 Å². The molecule has 1 aromatic rings. The molecule has 1 aromatic heterocycles. The van der Waals surface area contributed by atoms with E-state index >= 15 is 0 Å². The van der Waals surface area contributed by atoms with Crippen LogP contribution in [0.1, 0.15) is 16.1 Å². The SMILES string of the molecule is Cc1ccc(C(=O)C2[CH]C=C2)nc1. The van der Waals surface area contributed by atoms with E-state index in [1.54, 1.807) is 12.3 Å². The highest BCUT2D eigenvalue weighted by Crippen LogP contribution is 2.19. The smallest absolute Gasteiger partial charge is 0.188 e. The highest BCUT2D eigenvalue weighted by Gasteiger charge is 2.21. The first-order chi connectivity index (χ1) is 6.27. The van der Waals surface area contributed by atoms with Gasteiger partial charge in [-0.25, -0.2) is 0 Å². The summed E-state index contributed by atoms with van der Waals surface area (Å²) in [5.41, 5.74) is 1.63. The molecule has 1 unspecified atom stereocenters. The fourth-order valence-corrected chi connectivity index (χ4v) is 1.18. The Morgan fingerprint density at radius 1 is 1.46 bits per heavy atom. The van der Waals surface area contributed by atoms with Crippen LogP contribution < -0.4 is 0 Å².